The van der Waals surface area contributed by atoms with Crippen LogP contribution in [0.15, 0.2) is 42.5 Å². The number of carbonyl (C=O) groups excluding carboxylic acids is 1. The molecular weight excluding hydrogens is 406 g/mol. The Morgan fingerprint density at radius 2 is 1.79 bits per heavy atom. The summed E-state index contributed by atoms with van der Waals surface area (Å²) in [6.45, 7) is 0.214. The maximum atomic E-state index is 12.5. The van der Waals surface area contributed by atoms with Gasteiger partial charge in [0.15, 0.2) is 11.5 Å². The van der Waals surface area contributed by atoms with Crippen molar-refractivity contribution in [2.75, 3.05) is 31.7 Å². The minimum atomic E-state index is -3.58. The summed E-state index contributed by atoms with van der Waals surface area (Å²) in [7, 11) is -0.799. The minimum Gasteiger partial charge on any atom is -0.493 e. The summed E-state index contributed by atoms with van der Waals surface area (Å²) in [4.78, 5) is 12.5. The molecule has 4 N–H and O–H groups in total. The van der Waals surface area contributed by atoms with Crippen molar-refractivity contribution in [3.05, 3.63) is 53.6 Å². The van der Waals surface area contributed by atoms with E-state index in [4.69, 9.17) is 15.2 Å². The molecule has 0 bridgehead atoms. The van der Waals surface area contributed by atoms with Crippen LogP contribution in [0.5, 0.6) is 11.5 Å². The first-order valence-corrected chi connectivity index (χ1v) is 9.97. The smallest absolute Gasteiger partial charge is 0.251 e. The number of sulfonamides is 1. The molecule has 8 nitrogen and oxygen atoms in total. The fraction of sp³-hybridized carbons (Fsp3) is 0.278. The maximum absolute atomic E-state index is 12.5. The summed E-state index contributed by atoms with van der Waals surface area (Å²) in [5, 5.41) is 2.74. The van der Waals surface area contributed by atoms with E-state index < -0.39 is 15.9 Å². The Morgan fingerprint density at radius 3 is 2.32 bits per heavy atom. The molecule has 0 fully saturated rings. The third kappa shape index (κ3) is 6.29. The first-order valence-electron chi connectivity index (χ1n) is 8.07. The number of amides is 1. The monoisotopic (exact) mass is 429 g/mol. The first kappa shape index (κ1) is 23.5. The summed E-state index contributed by atoms with van der Waals surface area (Å²) in [5.74, 6) is -0.0111. The van der Waals surface area contributed by atoms with Crippen LogP contribution in [-0.2, 0) is 10.0 Å². The van der Waals surface area contributed by atoms with Crippen molar-refractivity contribution >= 4 is 34.0 Å². The quantitative estimate of drug-likeness (QED) is 0.589. The highest BCUT2D eigenvalue weighted by Crippen LogP contribution is 2.37. The molecule has 0 aliphatic heterocycles. The van der Waals surface area contributed by atoms with Gasteiger partial charge in [0, 0.05) is 18.2 Å². The summed E-state index contributed by atoms with van der Waals surface area (Å²) in [5.41, 5.74) is 7.29. The van der Waals surface area contributed by atoms with E-state index in [1.807, 2.05) is 30.3 Å². The van der Waals surface area contributed by atoms with Crippen molar-refractivity contribution in [1.82, 2.24) is 5.32 Å². The van der Waals surface area contributed by atoms with Crippen molar-refractivity contribution in [3.8, 4) is 11.5 Å². The normalized spacial score (nSPS) is 11.7. The second-order valence-electron chi connectivity index (χ2n) is 5.86. The van der Waals surface area contributed by atoms with E-state index in [0.29, 0.717) is 0 Å². The number of benzene rings is 2. The zero-order valence-corrected chi connectivity index (χ0v) is 17.4. The predicted molar refractivity (Wildman–Crippen MR) is 111 cm³/mol. The number of ether oxygens (including phenoxy) is 2. The lowest BCUT2D eigenvalue weighted by Gasteiger charge is -2.17. The van der Waals surface area contributed by atoms with Gasteiger partial charge in [0.1, 0.15) is 0 Å². The van der Waals surface area contributed by atoms with E-state index in [2.05, 4.69) is 10.0 Å². The van der Waals surface area contributed by atoms with Crippen LogP contribution in [0, 0.1) is 0 Å². The van der Waals surface area contributed by atoms with Gasteiger partial charge in [-0.1, -0.05) is 30.3 Å². The molecule has 1 unspecified atom stereocenters. The van der Waals surface area contributed by atoms with E-state index in [-0.39, 0.29) is 47.7 Å². The van der Waals surface area contributed by atoms with Crippen LogP contribution in [0.25, 0.3) is 0 Å². The molecule has 0 aliphatic carbocycles. The van der Waals surface area contributed by atoms with E-state index in [1.165, 1.54) is 26.4 Å². The Balaban J connectivity index is 0.00000392. The van der Waals surface area contributed by atoms with Gasteiger partial charge in [-0.05, 0) is 17.7 Å². The largest absolute Gasteiger partial charge is 0.493 e. The van der Waals surface area contributed by atoms with Crippen LogP contribution >= 0.6 is 12.4 Å². The molecule has 28 heavy (non-hydrogen) atoms. The Labute approximate surface area is 170 Å². The molecule has 2 rings (SSSR count). The second kappa shape index (κ2) is 10.2. The average molecular weight is 430 g/mol. The Hall–Kier alpha value is -2.49. The lowest BCUT2D eigenvalue weighted by Crippen LogP contribution is -2.32. The van der Waals surface area contributed by atoms with Gasteiger partial charge in [-0.15, -0.1) is 12.4 Å². The first-order chi connectivity index (χ1) is 12.7. The number of methoxy groups -OCH3 is 2. The molecule has 10 heteroatoms. The molecule has 0 saturated carbocycles. The number of halogens is 1. The number of anilines is 1. The molecule has 154 valence electrons. The van der Waals surface area contributed by atoms with Crippen LogP contribution in [0.1, 0.15) is 22.0 Å². The number of hydrogen-bond acceptors (Lipinski definition) is 6. The standard InChI is InChI=1S/C18H23N3O5S.ClH/c1-25-16-10-13(9-15(17(16)26-2)21-27(3,23)24)18(22)20-11-14(19)12-7-5-4-6-8-12;/h4-10,14,21H,11,19H2,1-3H3,(H,20,22);1H. The molecular formula is C18H24ClN3O5S. The number of rotatable bonds is 8. The second-order valence-corrected chi connectivity index (χ2v) is 7.61. The molecule has 0 saturated heterocycles. The fourth-order valence-corrected chi connectivity index (χ4v) is 3.04. The third-order valence-corrected chi connectivity index (χ3v) is 4.34. The van der Waals surface area contributed by atoms with E-state index in [0.717, 1.165) is 11.8 Å². The minimum absolute atomic E-state index is 0. The summed E-state index contributed by atoms with van der Waals surface area (Å²) in [6, 6.07) is 11.9. The van der Waals surface area contributed by atoms with Crippen molar-refractivity contribution in [1.29, 1.82) is 0 Å². The van der Waals surface area contributed by atoms with Gasteiger partial charge < -0.3 is 20.5 Å². The summed E-state index contributed by atoms with van der Waals surface area (Å²) < 4.78 is 35.9. The van der Waals surface area contributed by atoms with E-state index in [9.17, 15) is 13.2 Å². The zero-order valence-electron chi connectivity index (χ0n) is 15.8. The lowest BCUT2D eigenvalue weighted by molar-refractivity contribution is 0.0951. The molecule has 0 radical (unpaired) electrons. The fourth-order valence-electron chi connectivity index (χ4n) is 2.49. The highest BCUT2D eigenvalue weighted by Gasteiger charge is 2.19. The van der Waals surface area contributed by atoms with Crippen LogP contribution < -0.4 is 25.2 Å². The van der Waals surface area contributed by atoms with Crippen molar-refractivity contribution < 1.29 is 22.7 Å². The molecule has 0 heterocycles. The third-order valence-electron chi connectivity index (χ3n) is 3.75. The molecule has 1 amide bonds. The highest BCUT2D eigenvalue weighted by molar-refractivity contribution is 7.92. The van der Waals surface area contributed by atoms with Crippen LogP contribution in [-0.4, -0.2) is 41.3 Å². The van der Waals surface area contributed by atoms with Crippen LogP contribution in [0.4, 0.5) is 5.69 Å². The van der Waals surface area contributed by atoms with Crippen LogP contribution in [0.3, 0.4) is 0 Å². The van der Waals surface area contributed by atoms with Gasteiger partial charge in [0.25, 0.3) is 5.91 Å². The van der Waals surface area contributed by atoms with Gasteiger partial charge in [-0.2, -0.15) is 0 Å². The molecule has 0 spiro atoms. The van der Waals surface area contributed by atoms with Gasteiger partial charge in [0.2, 0.25) is 10.0 Å². The summed E-state index contributed by atoms with van der Waals surface area (Å²) >= 11 is 0. The van der Waals surface area contributed by atoms with Gasteiger partial charge in [-0.3, -0.25) is 9.52 Å². The Bertz CT molecular complexity index is 907. The van der Waals surface area contributed by atoms with Gasteiger partial charge in [0.05, 0.1) is 26.2 Å². The van der Waals surface area contributed by atoms with Crippen molar-refractivity contribution in [3.63, 3.8) is 0 Å². The van der Waals surface area contributed by atoms with Gasteiger partial charge >= 0.3 is 0 Å². The van der Waals surface area contributed by atoms with E-state index >= 15 is 0 Å². The van der Waals surface area contributed by atoms with E-state index in [1.54, 1.807) is 0 Å². The van der Waals surface area contributed by atoms with Crippen molar-refractivity contribution in [2.45, 2.75) is 6.04 Å². The lowest BCUT2D eigenvalue weighted by atomic mass is 10.1. The average Bonchev–Trinajstić information content (AvgIpc) is 2.64. The maximum Gasteiger partial charge on any atom is 0.251 e. The predicted octanol–water partition coefficient (Wildman–Crippen LogP) is 1.93. The molecule has 0 aliphatic rings. The number of nitrogens with one attached hydrogen (secondary N) is 2. The zero-order chi connectivity index (χ0) is 20.0. The Morgan fingerprint density at radius 1 is 1.14 bits per heavy atom. The Kier molecular flexibility index (Phi) is 8.55. The number of hydrogen-bond donors (Lipinski definition) is 3. The molecule has 2 aromatic rings. The highest BCUT2D eigenvalue weighted by atomic mass is 35.5. The van der Waals surface area contributed by atoms with Crippen LogP contribution in [0.2, 0.25) is 0 Å². The topological polar surface area (TPSA) is 120 Å². The number of nitrogens with two attached hydrogens (primary N) is 1. The van der Waals surface area contributed by atoms with Gasteiger partial charge in [-0.25, -0.2) is 8.42 Å². The van der Waals surface area contributed by atoms with Crippen molar-refractivity contribution in [2.24, 2.45) is 5.73 Å². The SMILES string of the molecule is COc1cc(C(=O)NCC(N)c2ccccc2)cc(NS(C)(=O)=O)c1OC.Cl. The summed E-state index contributed by atoms with van der Waals surface area (Å²) in [6.07, 6.45) is 1.00. The number of carbonyl (C=O) groups is 1. The molecule has 1 atom stereocenters. The molecule has 2 aromatic carbocycles. The molecule has 0 aromatic heterocycles.